The van der Waals surface area contributed by atoms with Crippen LogP contribution in [0.5, 0.6) is 5.75 Å². The van der Waals surface area contributed by atoms with E-state index in [1.165, 1.54) is 12.1 Å². The smallest absolute Gasteiger partial charge is 0.416 e. The Morgan fingerprint density at radius 2 is 1.82 bits per heavy atom. The Labute approximate surface area is 224 Å². The van der Waals surface area contributed by atoms with Crippen LogP contribution in [-0.4, -0.2) is 75.2 Å². The molecule has 3 amide bonds. The fraction of sp³-hybridized carbons (Fsp3) is 0.444. The summed E-state index contributed by atoms with van der Waals surface area (Å²) in [5.74, 6) is -1.00. The lowest BCUT2D eigenvalue weighted by Gasteiger charge is -2.26. The van der Waals surface area contributed by atoms with Gasteiger partial charge in [0.1, 0.15) is 5.75 Å². The molecule has 2 aliphatic rings. The highest BCUT2D eigenvalue weighted by molar-refractivity contribution is 6.00. The monoisotopic (exact) mass is 548 g/mol. The molecular weight excluding hydrogens is 517 g/mol. The largest absolute Gasteiger partial charge is 0.484 e. The Hall–Kier alpha value is -3.64. The predicted octanol–water partition coefficient (Wildman–Crippen LogP) is 2.91. The van der Waals surface area contributed by atoms with Gasteiger partial charge in [0.05, 0.1) is 24.7 Å². The summed E-state index contributed by atoms with van der Waals surface area (Å²) >= 11 is 0. The molecule has 0 bridgehead atoms. The molecule has 2 aliphatic heterocycles. The second kappa shape index (κ2) is 12.9. The van der Waals surface area contributed by atoms with E-state index in [1.54, 1.807) is 29.2 Å². The van der Waals surface area contributed by atoms with Crippen molar-refractivity contribution in [2.24, 2.45) is 5.92 Å². The maximum atomic E-state index is 12.8. The summed E-state index contributed by atoms with van der Waals surface area (Å²) in [5.41, 5.74) is -0.253. The van der Waals surface area contributed by atoms with Gasteiger partial charge < -0.3 is 25.0 Å². The van der Waals surface area contributed by atoms with Gasteiger partial charge in [0.15, 0.2) is 6.61 Å². The zero-order valence-corrected chi connectivity index (χ0v) is 21.3. The molecule has 0 saturated carbocycles. The maximum absolute atomic E-state index is 12.8. The molecule has 2 aromatic carbocycles. The number of anilines is 2. The molecule has 9 nitrogen and oxygen atoms in total. The van der Waals surface area contributed by atoms with Gasteiger partial charge in [-0.05, 0) is 55.4 Å². The van der Waals surface area contributed by atoms with Crippen LogP contribution >= 0.6 is 0 Å². The first-order chi connectivity index (χ1) is 18.7. The minimum atomic E-state index is -4.51. The maximum Gasteiger partial charge on any atom is 0.416 e. The minimum absolute atomic E-state index is 0.0111. The van der Waals surface area contributed by atoms with Crippen LogP contribution in [0.1, 0.15) is 18.4 Å². The highest BCUT2D eigenvalue weighted by atomic mass is 19.4. The molecule has 0 unspecified atom stereocenters. The summed E-state index contributed by atoms with van der Waals surface area (Å²) in [6, 6.07) is 10.8. The number of carbonyl (C=O) groups excluding carboxylic acids is 3. The van der Waals surface area contributed by atoms with Crippen LogP contribution in [0.4, 0.5) is 24.5 Å². The van der Waals surface area contributed by atoms with Gasteiger partial charge in [-0.3, -0.25) is 19.3 Å². The van der Waals surface area contributed by atoms with Gasteiger partial charge in [-0.1, -0.05) is 6.07 Å². The molecule has 0 aromatic heterocycles. The first-order valence-corrected chi connectivity index (χ1v) is 12.8. The highest BCUT2D eigenvalue weighted by Gasteiger charge is 2.35. The molecule has 2 heterocycles. The molecule has 0 radical (unpaired) electrons. The van der Waals surface area contributed by atoms with Crippen molar-refractivity contribution < 1.29 is 37.0 Å². The SMILES string of the molecule is O=C(COc1ccc(N2C[C@H](C(=O)NCCCN3CCOCC3)CC2=O)cc1)Nc1cccc(C(F)(F)F)c1. The number of amides is 3. The van der Waals surface area contributed by atoms with E-state index in [1.807, 2.05) is 0 Å². The number of hydrogen-bond donors (Lipinski definition) is 2. The molecule has 0 aliphatic carbocycles. The summed E-state index contributed by atoms with van der Waals surface area (Å²) in [6.45, 7) is 4.57. The Morgan fingerprint density at radius 3 is 2.54 bits per heavy atom. The number of carbonyl (C=O) groups is 3. The third-order valence-electron chi connectivity index (χ3n) is 6.54. The van der Waals surface area contributed by atoms with E-state index in [0.717, 1.165) is 51.4 Å². The Balaban J connectivity index is 1.20. The number of nitrogens with one attached hydrogen (secondary N) is 2. The van der Waals surface area contributed by atoms with E-state index in [0.29, 0.717) is 18.0 Å². The van der Waals surface area contributed by atoms with Gasteiger partial charge in [0, 0.05) is 44.0 Å². The first-order valence-electron chi connectivity index (χ1n) is 12.8. The Kier molecular flexibility index (Phi) is 9.41. The van der Waals surface area contributed by atoms with Crippen LogP contribution in [0, 0.1) is 5.92 Å². The average Bonchev–Trinajstić information content (AvgIpc) is 3.32. The number of morpholine rings is 1. The lowest BCUT2D eigenvalue weighted by atomic mass is 10.1. The van der Waals surface area contributed by atoms with Gasteiger partial charge >= 0.3 is 6.18 Å². The number of nitrogens with zero attached hydrogens (tertiary/aromatic N) is 2. The summed E-state index contributed by atoms with van der Waals surface area (Å²) in [7, 11) is 0. The fourth-order valence-corrected chi connectivity index (χ4v) is 4.46. The summed E-state index contributed by atoms with van der Waals surface area (Å²) in [6.07, 6.45) is -3.55. The van der Waals surface area contributed by atoms with Crippen LogP contribution < -0.4 is 20.3 Å². The molecular formula is C27H31F3N4O5. The van der Waals surface area contributed by atoms with Crippen molar-refractivity contribution >= 4 is 29.1 Å². The lowest BCUT2D eigenvalue weighted by Crippen LogP contribution is -2.39. The van der Waals surface area contributed by atoms with Gasteiger partial charge in [0.25, 0.3) is 5.91 Å². The lowest BCUT2D eigenvalue weighted by molar-refractivity contribution is -0.137. The quantitative estimate of drug-likeness (QED) is 0.443. The van der Waals surface area contributed by atoms with E-state index in [2.05, 4.69) is 15.5 Å². The van der Waals surface area contributed by atoms with Crippen LogP contribution in [0.3, 0.4) is 0 Å². The molecule has 12 heteroatoms. The third-order valence-corrected chi connectivity index (χ3v) is 6.54. The standard InChI is InChI=1S/C27H31F3N4O5/c28-27(29,30)20-3-1-4-21(16-20)32-24(35)18-39-23-7-5-22(6-8-23)34-17-19(15-25(34)36)26(37)31-9-2-10-33-11-13-38-14-12-33/h1,3-8,16,19H,2,9-15,17-18H2,(H,31,37)(H,32,35)/t19-/m1/s1. The average molecular weight is 549 g/mol. The molecule has 0 spiro atoms. The Bertz CT molecular complexity index is 1150. The van der Waals surface area contributed by atoms with Gasteiger partial charge in [-0.2, -0.15) is 13.2 Å². The third kappa shape index (κ3) is 8.17. The Morgan fingerprint density at radius 1 is 1.08 bits per heavy atom. The molecule has 4 rings (SSSR count). The van der Waals surface area contributed by atoms with Crippen molar-refractivity contribution in [1.29, 1.82) is 0 Å². The van der Waals surface area contributed by atoms with Crippen LogP contribution in [-0.2, 0) is 25.3 Å². The summed E-state index contributed by atoms with van der Waals surface area (Å²) in [5, 5.41) is 5.31. The molecule has 39 heavy (non-hydrogen) atoms. The first kappa shape index (κ1) is 28.4. The van der Waals surface area contributed by atoms with Gasteiger partial charge in [0.2, 0.25) is 11.8 Å². The van der Waals surface area contributed by atoms with E-state index >= 15 is 0 Å². The number of hydrogen-bond acceptors (Lipinski definition) is 6. The number of benzene rings is 2. The zero-order valence-electron chi connectivity index (χ0n) is 21.3. The van der Waals surface area contributed by atoms with Crippen molar-refractivity contribution in [3.05, 3.63) is 54.1 Å². The van der Waals surface area contributed by atoms with Crippen molar-refractivity contribution in [3.8, 4) is 5.75 Å². The number of rotatable bonds is 10. The van der Waals surface area contributed by atoms with Crippen LogP contribution in [0.2, 0.25) is 0 Å². The highest BCUT2D eigenvalue weighted by Crippen LogP contribution is 2.31. The minimum Gasteiger partial charge on any atom is -0.484 e. The van der Waals surface area contributed by atoms with Gasteiger partial charge in [-0.15, -0.1) is 0 Å². The fourth-order valence-electron chi connectivity index (χ4n) is 4.46. The van der Waals surface area contributed by atoms with Crippen molar-refractivity contribution in [1.82, 2.24) is 10.2 Å². The number of halogens is 3. The van der Waals surface area contributed by atoms with E-state index in [4.69, 9.17) is 9.47 Å². The van der Waals surface area contributed by atoms with Gasteiger partial charge in [-0.25, -0.2) is 0 Å². The normalized spacial score (nSPS) is 18.2. The molecule has 1 atom stereocenters. The molecule has 2 saturated heterocycles. The van der Waals surface area contributed by atoms with Crippen molar-refractivity contribution in [2.45, 2.75) is 19.0 Å². The topological polar surface area (TPSA) is 100 Å². The molecule has 2 fully saturated rings. The zero-order chi connectivity index (χ0) is 27.8. The molecule has 2 aromatic rings. The van der Waals surface area contributed by atoms with Crippen molar-refractivity contribution in [2.75, 3.05) is 62.8 Å². The second-order valence-electron chi connectivity index (χ2n) is 9.41. The molecule has 2 N–H and O–H groups in total. The molecule has 210 valence electrons. The van der Waals surface area contributed by atoms with E-state index in [9.17, 15) is 27.6 Å². The van der Waals surface area contributed by atoms with E-state index < -0.39 is 30.2 Å². The predicted molar refractivity (Wildman–Crippen MR) is 137 cm³/mol. The van der Waals surface area contributed by atoms with Crippen LogP contribution in [0.15, 0.2) is 48.5 Å². The summed E-state index contributed by atoms with van der Waals surface area (Å²) < 4.78 is 49.3. The number of alkyl halides is 3. The second-order valence-corrected chi connectivity index (χ2v) is 9.41. The van der Waals surface area contributed by atoms with Crippen LogP contribution in [0.25, 0.3) is 0 Å². The number of ether oxygens (including phenoxy) is 2. The summed E-state index contributed by atoms with van der Waals surface area (Å²) in [4.78, 5) is 41.1. The van der Waals surface area contributed by atoms with E-state index in [-0.39, 0.29) is 30.5 Å². The van der Waals surface area contributed by atoms with Crippen molar-refractivity contribution in [3.63, 3.8) is 0 Å².